The summed E-state index contributed by atoms with van der Waals surface area (Å²) in [4.78, 5) is 33.3. The second-order valence-corrected chi connectivity index (χ2v) is 4.89. The molecule has 1 unspecified atom stereocenters. The summed E-state index contributed by atoms with van der Waals surface area (Å²) in [6, 6.07) is 0. The molecule has 9 heteroatoms. The Morgan fingerprint density at radius 3 is 2.00 bits per heavy atom. The van der Waals surface area contributed by atoms with Crippen molar-refractivity contribution in [3.63, 3.8) is 0 Å². The molecule has 0 aliphatic heterocycles. The predicted molar refractivity (Wildman–Crippen MR) is 60.9 cm³/mol. The van der Waals surface area contributed by atoms with E-state index in [4.69, 9.17) is 0 Å². The summed E-state index contributed by atoms with van der Waals surface area (Å²) < 4.78 is 47.9. The average molecular weight is 299 g/mol. The van der Waals surface area contributed by atoms with E-state index < -0.39 is 35.8 Å². The Kier molecular flexibility index (Phi) is 5.55. The molecule has 0 spiro atoms. The van der Waals surface area contributed by atoms with E-state index in [2.05, 4.69) is 9.47 Å². The smallest absolute Gasteiger partial charge is 0.422 e. The first-order chi connectivity index (χ1) is 8.89. The highest BCUT2D eigenvalue weighted by Crippen LogP contribution is 2.34. The van der Waals surface area contributed by atoms with E-state index in [1.54, 1.807) is 0 Å². The van der Waals surface area contributed by atoms with Crippen molar-refractivity contribution < 1.29 is 37.0 Å². The molecule has 0 aromatic carbocycles. The largest absolute Gasteiger partial charge is 0.467 e. The van der Waals surface area contributed by atoms with Gasteiger partial charge in [0.05, 0.1) is 7.11 Å². The van der Waals surface area contributed by atoms with Crippen molar-refractivity contribution in [2.24, 2.45) is 0 Å². The van der Waals surface area contributed by atoms with Gasteiger partial charge in [0.25, 0.3) is 0 Å². The molecule has 0 fully saturated rings. The van der Waals surface area contributed by atoms with Gasteiger partial charge in [-0.2, -0.15) is 13.2 Å². The van der Waals surface area contributed by atoms with Gasteiger partial charge < -0.3 is 14.3 Å². The molecule has 1 amide bonds. The molecule has 0 heterocycles. The van der Waals surface area contributed by atoms with Crippen LogP contribution in [0.2, 0.25) is 0 Å². The number of ether oxygens (including phenoxy) is 2. The minimum atomic E-state index is -5.22. The molecule has 0 aromatic heterocycles. The van der Waals surface area contributed by atoms with Crippen molar-refractivity contribution in [1.82, 2.24) is 5.32 Å². The first kappa shape index (κ1) is 18.2. The van der Waals surface area contributed by atoms with Crippen molar-refractivity contribution >= 4 is 18.3 Å². The highest BCUT2D eigenvalue weighted by molar-refractivity contribution is 5.89. The number of aldehydes is 1. The van der Waals surface area contributed by atoms with Crippen LogP contribution in [-0.2, 0) is 19.1 Å². The van der Waals surface area contributed by atoms with Gasteiger partial charge >= 0.3 is 18.2 Å². The third-order valence-corrected chi connectivity index (χ3v) is 2.12. The summed E-state index contributed by atoms with van der Waals surface area (Å²) in [6.45, 7) is 4.29. The molecule has 116 valence electrons. The van der Waals surface area contributed by atoms with Crippen LogP contribution in [0.5, 0.6) is 0 Å². The minimum Gasteiger partial charge on any atom is -0.467 e. The first-order valence-electron chi connectivity index (χ1n) is 5.49. The summed E-state index contributed by atoms with van der Waals surface area (Å²) in [5.74, 6) is -1.80. The fraction of sp³-hybridized carbons (Fsp3) is 0.727. The zero-order valence-corrected chi connectivity index (χ0v) is 11.5. The topological polar surface area (TPSA) is 81.7 Å². The molecule has 0 aromatic rings. The van der Waals surface area contributed by atoms with Gasteiger partial charge in [-0.3, -0.25) is 5.32 Å². The number of nitrogens with one attached hydrogen (secondary N) is 1. The molecule has 6 nitrogen and oxygen atoms in total. The molecule has 0 saturated heterocycles. The van der Waals surface area contributed by atoms with Crippen LogP contribution in [0.1, 0.15) is 27.2 Å². The van der Waals surface area contributed by atoms with Crippen LogP contribution < -0.4 is 5.32 Å². The molecule has 0 radical (unpaired) electrons. The van der Waals surface area contributed by atoms with Crippen molar-refractivity contribution in [3.8, 4) is 0 Å². The van der Waals surface area contributed by atoms with E-state index in [0.717, 1.165) is 0 Å². The monoisotopic (exact) mass is 299 g/mol. The average Bonchev–Trinajstić information content (AvgIpc) is 2.22. The van der Waals surface area contributed by atoms with Crippen molar-refractivity contribution in [3.05, 3.63) is 0 Å². The molecule has 1 N–H and O–H groups in total. The quantitative estimate of drug-likeness (QED) is 0.629. The lowest BCUT2D eigenvalue weighted by Gasteiger charge is -2.32. The maximum Gasteiger partial charge on any atom is 0.422 e. The lowest BCUT2D eigenvalue weighted by molar-refractivity contribution is -0.211. The van der Waals surface area contributed by atoms with E-state index in [0.29, 0.717) is 7.11 Å². The van der Waals surface area contributed by atoms with Gasteiger partial charge in [0.2, 0.25) is 5.54 Å². The first-order valence-corrected chi connectivity index (χ1v) is 5.49. The standard InChI is InChI=1S/C11H16F3NO5/c1-9(2,3)20-8(18)15-10(5-6-16,7(17)19-4)11(12,13)14/h6H,5H2,1-4H3,(H,15,18). The van der Waals surface area contributed by atoms with Crippen molar-refractivity contribution in [2.45, 2.75) is 44.5 Å². The zero-order valence-electron chi connectivity index (χ0n) is 11.5. The molecule has 20 heavy (non-hydrogen) atoms. The number of alkyl carbamates (subject to hydrolysis) is 1. The van der Waals surface area contributed by atoms with Gasteiger partial charge in [-0.15, -0.1) is 0 Å². The molecule has 1 atom stereocenters. The van der Waals surface area contributed by atoms with E-state index in [-0.39, 0.29) is 6.29 Å². The van der Waals surface area contributed by atoms with E-state index in [9.17, 15) is 27.6 Å². The number of amides is 1. The maximum absolute atomic E-state index is 13.1. The molecule has 0 saturated carbocycles. The number of hydrogen-bond acceptors (Lipinski definition) is 5. The number of carbonyl (C=O) groups excluding carboxylic acids is 3. The molecular formula is C11H16F3NO5. The fourth-order valence-electron chi connectivity index (χ4n) is 1.26. The SMILES string of the molecule is COC(=O)C(CC=O)(NC(=O)OC(C)(C)C)C(F)(F)F. The summed E-state index contributed by atoms with van der Waals surface area (Å²) in [5.41, 5.74) is -4.54. The number of alkyl halides is 3. The van der Waals surface area contributed by atoms with Crippen LogP contribution in [0.15, 0.2) is 0 Å². The highest BCUT2D eigenvalue weighted by Gasteiger charge is 2.63. The van der Waals surface area contributed by atoms with Gasteiger partial charge in [-0.05, 0) is 20.8 Å². The Bertz CT molecular complexity index is 389. The highest BCUT2D eigenvalue weighted by atomic mass is 19.4. The number of hydrogen-bond donors (Lipinski definition) is 1. The number of halogens is 3. The molecular weight excluding hydrogens is 283 g/mol. The van der Waals surface area contributed by atoms with Crippen LogP contribution in [0.25, 0.3) is 0 Å². The number of methoxy groups -OCH3 is 1. The maximum atomic E-state index is 13.1. The Hall–Kier alpha value is -1.80. The Labute approximate surface area is 113 Å². The summed E-state index contributed by atoms with van der Waals surface area (Å²) >= 11 is 0. The van der Waals surface area contributed by atoms with Crippen LogP contribution >= 0.6 is 0 Å². The number of esters is 1. The predicted octanol–water partition coefficient (Wildman–Crippen LogP) is 1.57. The van der Waals surface area contributed by atoms with Crippen molar-refractivity contribution in [2.75, 3.05) is 7.11 Å². The van der Waals surface area contributed by atoms with Gasteiger partial charge in [0.1, 0.15) is 11.9 Å². The van der Waals surface area contributed by atoms with Gasteiger partial charge in [-0.1, -0.05) is 0 Å². The number of carbonyl (C=O) groups is 3. The molecule has 0 rings (SSSR count). The van der Waals surface area contributed by atoms with Gasteiger partial charge in [0.15, 0.2) is 0 Å². The van der Waals surface area contributed by atoms with Crippen LogP contribution in [0.4, 0.5) is 18.0 Å². The third kappa shape index (κ3) is 4.39. The third-order valence-electron chi connectivity index (χ3n) is 2.12. The van der Waals surface area contributed by atoms with Gasteiger partial charge in [-0.25, -0.2) is 9.59 Å². The van der Waals surface area contributed by atoms with E-state index in [1.165, 1.54) is 26.1 Å². The summed E-state index contributed by atoms with van der Waals surface area (Å²) in [6.07, 6.45) is -8.16. The van der Waals surface area contributed by atoms with Crippen LogP contribution in [-0.4, -0.2) is 42.8 Å². The van der Waals surface area contributed by atoms with E-state index in [1.807, 2.05) is 0 Å². The lowest BCUT2D eigenvalue weighted by Crippen LogP contribution is -2.65. The summed E-state index contributed by atoms with van der Waals surface area (Å²) in [7, 11) is 0.713. The summed E-state index contributed by atoms with van der Waals surface area (Å²) in [5, 5.41) is 1.39. The van der Waals surface area contributed by atoms with Crippen LogP contribution in [0.3, 0.4) is 0 Å². The van der Waals surface area contributed by atoms with Crippen molar-refractivity contribution in [1.29, 1.82) is 0 Å². The van der Waals surface area contributed by atoms with Crippen LogP contribution in [0, 0.1) is 0 Å². The Balaban J connectivity index is 5.47. The molecule has 0 aliphatic carbocycles. The normalized spacial score (nSPS) is 14.9. The van der Waals surface area contributed by atoms with Gasteiger partial charge in [0, 0.05) is 6.42 Å². The second kappa shape index (κ2) is 6.10. The molecule has 0 aliphatic rings. The number of rotatable bonds is 4. The Morgan fingerprint density at radius 1 is 1.20 bits per heavy atom. The Morgan fingerprint density at radius 2 is 1.70 bits per heavy atom. The van der Waals surface area contributed by atoms with E-state index >= 15 is 0 Å². The fourth-order valence-corrected chi connectivity index (χ4v) is 1.26. The minimum absolute atomic E-state index is 0.137. The zero-order chi connectivity index (χ0) is 16.2. The second-order valence-electron chi connectivity index (χ2n) is 4.89. The molecule has 0 bridgehead atoms. The lowest BCUT2D eigenvalue weighted by atomic mass is 9.95.